The zero-order valence-electron chi connectivity index (χ0n) is 18.3. The lowest BCUT2D eigenvalue weighted by atomic mass is 10.0. The second kappa shape index (κ2) is 10.2. The van der Waals surface area contributed by atoms with Gasteiger partial charge in [-0.2, -0.15) is 0 Å². The van der Waals surface area contributed by atoms with Crippen LogP contribution in [0.5, 0.6) is 0 Å². The van der Waals surface area contributed by atoms with Gasteiger partial charge in [0, 0.05) is 36.4 Å². The first-order valence-electron chi connectivity index (χ1n) is 10.5. The highest BCUT2D eigenvalue weighted by molar-refractivity contribution is 9.10. The van der Waals surface area contributed by atoms with E-state index in [1.54, 1.807) is 49.7 Å². The van der Waals surface area contributed by atoms with E-state index in [2.05, 4.69) is 20.9 Å². The maximum absolute atomic E-state index is 13.3. The Hall–Kier alpha value is -3.13. The van der Waals surface area contributed by atoms with E-state index in [1.165, 1.54) is 0 Å². The third-order valence-electron chi connectivity index (χ3n) is 5.31. The van der Waals surface area contributed by atoms with Crippen LogP contribution in [0.2, 0.25) is 0 Å². The minimum atomic E-state index is -0.505. The second-order valence-corrected chi connectivity index (χ2v) is 8.26. The number of pyridine rings is 2. The van der Waals surface area contributed by atoms with E-state index in [4.69, 9.17) is 9.47 Å². The zero-order valence-corrected chi connectivity index (χ0v) is 19.9. The number of ether oxygens (including phenoxy) is 2. The van der Waals surface area contributed by atoms with E-state index >= 15 is 0 Å². The number of aromatic nitrogens is 2. The predicted molar refractivity (Wildman–Crippen MR) is 130 cm³/mol. The lowest BCUT2D eigenvalue weighted by Crippen LogP contribution is -2.20. The third kappa shape index (κ3) is 4.95. The summed E-state index contributed by atoms with van der Waals surface area (Å²) in [6.07, 6.45) is 1.12. The van der Waals surface area contributed by atoms with Crippen molar-refractivity contribution in [1.82, 2.24) is 9.55 Å². The van der Waals surface area contributed by atoms with Crippen LogP contribution >= 0.6 is 15.9 Å². The lowest BCUT2D eigenvalue weighted by Gasteiger charge is -2.16. The van der Waals surface area contributed by atoms with E-state index < -0.39 is 6.29 Å². The molecule has 168 valence electrons. The highest BCUT2D eigenvalue weighted by Gasteiger charge is 2.18. The molecule has 1 atom stereocenters. The van der Waals surface area contributed by atoms with Crippen LogP contribution in [0.1, 0.15) is 40.4 Å². The van der Waals surface area contributed by atoms with Crippen LogP contribution in [0.4, 0.5) is 0 Å². The topological polar surface area (TPSA) is 70.4 Å². The van der Waals surface area contributed by atoms with Crippen LogP contribution in [-0.2, 0) is 16.0 Å². The molecule has 2 aromatic carbocycles. The van der Waals surface area contributed by atoms with Gasteiger partial charge in [0.2, 0.25) is 5.43 Å². The summed E-state index contributed by atoms with van der Waals surface area (Å²) in [5.74, 6) is -0.335. The molecule has 4 rings (SSSR count). The number of carbonyl (C=O) groups excluding carboxylic acids is 1. The molecule has 6 nitrogen and oxygen atoms in total. The molecule has 0 spiro atoms. The van der Waals surface area contributed by atoms with E-state index in [0.29, 0.717) is 24.1 Å². The molecule has 0 bridgehead atoms. The fourth-order valence-corrected chi connectivity index (χ4v) is 4.13. The maximum Gasteiger partial charge on any atom is 0.200 e. The SMILES string of the molecule is CCOC(OC)c1ccc(C(=O)c2cn(Cc3cccc(Br)n3)c3ccccc3c2=O)cc1. The van der Waals surface area contributed by atoms with Gasteiger partial charge in [-0.25, -0.2) is 4.98 Å². The molecule has 4 aromatic rings. The minimum absolute atomic E-state index is 0.115. The summed E-state index contributed by atoms with van der Waals surface area (Å²) in [5.41, 5.74) is 2.60. The molecule has 2 heterocycles. The van der Waals surface area contributed by atoms with Gasteiger partial charge in [-0.1, -0.05) is 42.5 Å². The Morgan fingerprint density at radius 1 is 1.06 bits per heavy atom. The average molecular weight is 507 g/mol. The van der Waals surface area contributed by atoms with E-state index in [9.17, 15) is 9.59 Å². The summed E-state index contributed by atoms with van der Waals surface area (Å²) in [7, 11) is 1.57. The first kappa shape index (κ1) is 23.0. The summed E-state index contributed by atoms with van der Waals surface area (Å²) in [6.45, 7) is 2.81. The van der Waals surface area contributed by atoms with Crippen molar-refractivity contribution in [2.75, 3.05) is 13.7 Å². The number of para-hydroxylation sites is 1. The van der Waals surface area contributed by atoms with Gasteiger partial charge in [-0.15, -0.1) is 0 Å². The fourth-order valence-electron chi connectivity index (χ4n) is 3.75. The molecular formula is C26H23BrN2O4. The van der Waals surface area contributed by atoms with Crippen molar-refractivity contribution in [2.24, 2.45) is 0 Å². The Morgan fingerprint density at radius 2 is 1.82 bits per heavy atom. The number of carbonyl (C=O) groups is 1. The largest absolute Gasteiger partial charge is 0.352 e. The monoisotopic (exact) mass is 506 g/mol. The number of hydrogen-bond donors (Lipinski definition) is 0. The van der Waals surface area contributed by atoms with E-state index in [1.807, 2.05) is 41.8 Å². The number of halogens is 1. The molecule has 0 aliphatic rings. The normalized spacial score (nSPS) is 12.1. The molecule has 1 unspecified atom stereocenters. The van der Waals surface area contributed by atoms with Crippen molar-refractivity contribution in [3.63, 3.8) is 0 Å². The van der Waals surface area contributed by atoms with Gasteiger partial charge in [0.05, 0.1) is 23.3 Å². The molecule has 33 heavy (non-hydrogen) atoms. The smallest absolute Gasteiger partial charge is 0.200 e. The van der Waals surface area contributed by atoms with Crippen LogP contribution in [0.25, 0.3) is 10.9 Å². The van der Waals surface area contributed by atoms with Crippen molar-refractivity contribution < 1.29 is 14.3 Å². The zero-order chi connectivity index (χ0) is 23.4. The number of nitrogens with zero attached hydrogens (tertiary/aromatic N) is 2. The average Bonchev–Trinajstić information content (AvgIpc) is 2.84. The molecule has 0 amide bonds. The molecule has 0 radical (unpaired) electrons. The molecule has 0 N–H and O–H groups in total. The summed E-state index contributed by atoms with van der Waals surface area (Å²) in [6, 6.07) is 19.9. The summed E-state index contributed by atoms with van der Waals surface area (Å²) in [4.78, 5) is 31.0. The van der Waals surface area contributed by atoms with Crippen molar-refractivity contribution in [2.45, 2.75) is 19.8 Å². The lowest BCUT2D eigenvalue weighted by molar-refractivity contribution is -0.124. The number of ketones is 1. The number of fused-ring (bicyclic) bond motifs is 1. The molecular weight excluding hydrogens is 484 g/mol. The molecule has 0 saturated carbocycles. The Labute approximate surface area is 199 Å². The molecule has 0 fully saturated rings. The Morgan fingerprint density at radius 3 is 2.52 bits per heavy atom. The van der Waals surface area contributed by atoms with Gasteiger partial charge in [-0.05, 0) is 47.1 Å². The number of benzene rings is 2. The van der Waals surface area contributed by atoms with Crippen molar-refractivity contribution in [1.29, 1.82) is 0 Å². The standard InChI is InChI=1S/C26H23BrN2O4/c1-3-33-26(32-2)18-13-11-17(12-14-18)24(30)21-16-29(15-19-7-6-10-23(27)28-19)22-9-5-4-8-20(22)25(21)31/h4-14,16,26H,3,15H2,1-2H3. The minimum Gasteiger partial charge on any atom is -0.352 e. The molecule has 0 saturated heterocycles. The quantitative estimate of drug-likeness (QED) is 0.188. The number of methoxy groups -OCH3 is 1. The van der Waals surface area contributed by atoms with Crippen molar-refractivity contribution in [3.8, 4) is 0 Å². The van der Waals surface area contributed by atoms with Gasteiger partial charge in [-0.3, -0.25) is 9.59 Å². The van der Waals surface area contributed by atoms with Crippen molar-refractivity contribution in [3.05, 3.63) is 110 Å². The van der Waals surface area contributed by atoms with Crippen LogP contribution in [-0.4, -0.2) is 29.1 Å². The van der Waals surface area contributed by atoms with Gasteiger partial charge in [0.25, 0.3) is 0 Å². The summed E-state index contributed by atoms with van der Waals surface area (Å²) < 4.78 is 13.5. The van der Waals surface area contributed by atoms with Crippen LogP contribution in [0, 0.1) is 0 Å². The predicted octanol–water partition coefficient (Wildman–Crippen LogP) is 5.12. The summed E-state index contributed by atoms with van der Waals surface area (Å²) in [5, 5.41) is 0.491. The molecule has 2 aromatic heterocycles. The fraction of sp³-hybridized carbons (Fsp3) is 0.192. The Balaban J connectivity index is 1.75. The Kier molecular flexibility index (Phi) is 7.13. The second-order valence-electron chi connectivity index (χ2n) is 7.44. The molecule has 0 aliphatic heterocycles. The van der Waals surface area contributed by atoms with Crippen LogP contribution < -0.4 is 5.43 Å². The van der Waals surface area contributed by atoms with Gasteiger partial charge >= 0.3 is 0 Å². The number of rotatable bonds is 8. The Bertz CT molecular complexity index is 1350. The van der Waals surface area contributed by atoms with Gasteiger partial charge in [0.15, 0.2) is 12.1 Å². The van der Waals surface area contributed by atoms with Crippen LogP contribution in [0.3, 0.4) is 0 Å². The highest BCUT2D eigenvalue weighted by atomic mass is 79.9. The van der Waals surface area contributed by atoms with Gasteiger partial charge in [0.1, 0.15) is 4.60 Å². The first-order chi connectivity index (χ1) is 16.0. The third-order valence-corrected chi connectivity index (χ3v) is 5.76. The molecule has 0 aliphatic carbocycles. The first-order valence-corrected chi connectivity index (χ1v) is 11.3. The van der Waals surface area contributed by atoms with Crippen LogP contribution in [0.15, 0.2) is 82.3 Å². The van der Waals surface area contributed by atoms with Crippen molar-refractivity contribution >= 4 is 32.6 Å². The number of hydrogen-bond acceptors (Lipinski definition) is 5. The van der Waals surface area contributed by atoms with E-state index in [0.717, 1.165) is 21.4 Å². The maximum atomic E-state index is 13.3. The summed E-state index contributed by atoms with van der Waals surface area (Å²) >= 11 is 3.39. The van der Waals surface area contributed by atoms with E-state index in [-0.39, 0.29) is 16.8 Å². The molecule has 7 heteroatoms. The van der Waals surface area contributed by atoms with Gasteiger partial charge < -0.3 is 14.0 Å². The highest BCUT2D eigenvalue weighted by Crippen LogP contribution is 2.21.